The van der Waals surface area contributed by atoms with E-state index in [4.69, 9.17) is 0 Å². The lowest BCUT2D eigenvalue weighted by Crippen LogP contribution is -1.47. The van der Waals surface area contributed by atoms with Crippen molar-refractivity contribution in [3.8, 4) is 12.3 Å². The second-order valence-electron chi connectivity index (χ2n) is 2.70. The summed E-state index contributed by atoms with van der Waals surface area (Å²) in [6, 6.07) is 0. The number of hydrogen-bond donors (Lipinski definition) is 0. The molecule has 0 saturated carbocycles. The Balaban J connectivity index is -0.0000000482. The average Bonchev–Trinajstić information content (AvgIpc) is 2.20. The van der Waals surface area contributed by atoms with Gasteiger partial charge in [-0.25, -0.2) is 0 Å². The number of terminal acetylenes is 1. The Labute approximate surface area is 92.8 Å². The molecule has 0 aromatic rings. The Bertz CT molecular complexity index is 76.7. The molecule has 0 aliphatic carbocycles. The summed E-state index contributed by atoms with van der Waals surface area (Å²) in [7, 11) is 0. The molecule has 0 heterocycles. The van der Waals surface area contributed by atoms with Crippen LogP contribution in [0.15, 0.2) is 12.7 Å². The number of rotatable bonds is 2. The quantitative estimate of drug-likeness (QED) is 0.409. The van der Waals surface area contributed by atoms with Gasteiger partial charge < -0.3 is 0 Å². The maximum atomic E-state index is 4.60. The van der Waals surface area contributed by atoms with E-state index in [1.807, 2.05) is 6.92 Å². The van der Waals surface area contributed by atoms with E-state index in [1.165, 1.54) is 25.7 Å². The lowest BCUT2D eigenvalue weighted by Gasteiger charge is -1.68. The van der Waals surface area contributed by atoms with Gasteiger partial charge in [0, 0.05) is 0 Å². The zero-order valence-corrected chi connectivity index (χ0v) is 11.2. The van der Waals surface area contributed by atoms with Crippen LogP contribution in [0.4, 0.5) is 0 Å². The standard InChI is InChI=1S/2C4H10.C3H6.C3H4/c2*1-3-4-2;2*1-3-2/h2*3-4H2,1-2H3;3H,1H2,2H3;1H,2H3. The van der Waals surface area contributed by atoms with Gasteiger partial charge in [0.15, 0.2) is 0 Å². The van der Waals surface area contributed by atoms with Crippen molar-refractivity contribution in [3.63, 3.8) is 0 Å². The summed E-state index contributed by atoms with van der Waals surface area (Å²) in [5, 5.41) is 0. The summed E-state index contributed by atoms with van der Waals surface area (Å²) < 4.78 is 0. The van der Waals surface area contributed by atoms with Crippen LogP contribution in [-0.4, -0.2) is 0 Å². The largest absolute Gasteiger partial charge is 0.120 e. The number of hydrogen-bond acceptors (Lipinski definition) is 0. The molecule has 0 aromatic carbocycles. The molecule has 0 fully saturated rings. The van der Waals surface area contributed by atoms with Crippen molar-refractivity contribution in [1.29, 1.82) is 0 Å². The fraction of sp³-hybridized carbons (Fsp3) is 0.714. The predicted octanol–water partition coefficient (Wildman–Crippen LogP) is 5.44. The first-order valence-electron chi connectivity index (χ1n) is 5.60. The van der Waals surface area contributed by atoms with Crippen LogP contribution in [0.5, 0.6) is 0 Å². The molecule has 0 N–H and O–H groups in total. The molecular formula is C14H30. The van der Waals surface area contributed by atoms with Crippen LogP contribution in [0.2, 0.25) is 0 Å². The minimum Gasteiger partial charge on any atom is -0.120 e. The smallest absolute Gasteiger partial charge is 0.00297 e. The number of unbranched alkanes of at least 4 members (excludes halogenated alkanes) is 2. The van der Waals surface area contributed by atoms with Gasteiger partial charge in [0.05, 0.1) is 0 Å². The normalized spacial score (nSPS) is 5.79. The van der Waals surface area contributed by atoms with Crippen molar-refractivity contribution in [1.82, 2.24) is 0 Å². The average molecular weight is 198 g/mol. The van der Waals surface area contributed by atoms with E-state index in [9.17, 15) is 0 Å². The molecule has 0 saturated heterocycles. The molecule has 86 valence electrons. The molecule has 14 heavy (non-hydrogen) atoms. The van der Waals surface area contributed by atoms with Crippen molar-refractivity contribution in [2.75, 3.05) is 0 Å². The second kappa shape index (κ2) is 55.9. The Morgan fingerprint density at radius 2 is 1.07 bits per heavy atom. The fourth-order valence-electron chi connectivity index (χ4n) is 0. The zero-order valence-electron chi connectivity index (χ0n) is 11.2. The van der Waals surface area contributed by atoms with Gasteiger partial charge in [0.1, 0.15) is 0 Å². The van der Waals surface area contributed by atoms with Gasteiger partial charge in [-0.1, -0.05) is 59.5 Å². The van der Waals surface area contributed by atoms with Crippen LogP contribution in [0.25, 0.3) is 0 Å². The molecular weight excluding hydrogens is 168 g/mol. The molecule has 0 aliphatic heterocycles. The molecule has 0 bridgehead atoms. The third-order valence-corrected chi connectivity index (χ3v) is 1.000. The second-order valence-corrected chi connectivity index (χ2v) is 2.70. The Morgan fingerprint density at radius 3 is 1.07 bits per heavy atom. The van der Waals surface area contributed by atoms with Crippen LogP contribution in [0, 0.1) is 12.3 Å². The highest BCUT2D eigenvalue weighted by atomic mass is 13.6. The SMILES string of the molecule is C#CC.C=CC.CCCC.CCCC. The molecule has 0 unspecified atom stereocenters. The molecule has 0 aromatic heterocycles. The van der Waals surface area contributed by atoms with Crippen LogP contribution in [-0.2, 0) is 0 Å². The summed E-state index contributed by atoms with van der Waals surface area (Å²) >= 11 is 0. The van der Waals surface area contributed by atoms with Crippen molar-refractivity contribution in [2.24, 2.45) is 0 Å². The summed E-state index contributed by atoms with van der Waals surface area (Å²) in [5.41, 5.74) is 0. The van der Waals surface area contributed by atoms with E-state index in [0.29, 0.717) is 0 Å². The third kappa shape index (κ3) is 709. The van der Waals surface area contributed by atoms with Crippen molar-refractivity contribution < 1.29 is 0 Å². The molecule has 0 spiro atoms. The topological polar surface area (TPSA) is 0 Å². The molecule has 0 aliphatic rings. The minimum atomic E-state index is 1.32. The first-order chi connectivity index (χ1) is 6.66. The van der Waals surface area contributed by atoms with Gasteiger partial charge in [-0.15, -0.1) is 18.9 Å². The first-order valence-corrected chi connectivity index (χ1v) is 5.60. The minimum absolute atomic E-state index is 1.32. The Morgan fingerprint density at radius 1 is 1.00 bits per heavy atom. The van der Waals surface area contributed by atoms with Gasteiger partial charge in [-0.3, -0.25) is 0 Å². The summed E-state index contributed by atoms with van der Waals surface area (Å²) in [6.45, 7) is 15.6. The monoisotopic (exact) mass is 198 g/mol. The van der Waals surface area contributed by atoms with Crippen molar-refractivity contribution in [3.05, 3.63) is 12.7 Å². The Hall–Kier alpha value is -0.700. The summed E-state index contributed by atoms with van der Waals surface area (Å²) in [5.74, 6) is 2.25. The van der Waals surface area contributed by atoms with Crippen LogP contribution < -0.4 is 0 Å². The van der Waals surface area contributed by atoms with Gasteiger partial charge in [0.25, 0.3) is 0 Å². The van der Waals surface area contributed by atoms with E-state index in [2.05, 4.69) is 46.6 Å². The maximum Gasteiger partial charge on any atom is -0.00297 e. The van der Waals surface area contributed by atoms with Gasteiger partial charge in [-0.05, 0) is 13.8 Å². The van der Waals surface area contributed by atoms with E-state index in [1.54, 1.807) is 13.0 Å². The fourth-order valence-corrected chi connectivity index (χ4v) is 0. The molecule has 0 nitrogen and oxygen atoms in total. The Kier molecular flexibility index (Phi) is 92.9. The maximum absolute atomic E-state index is 4.60. The molecule has 0 atom stereocenters. The summed E-state index contributed by atoms with van der Waals surface area (Å²) in [6.07, 6.45) is 11.6. The van der Waals surface area contributed by atoms with Crippen LogP contribution in [0.1, 0.15) is 67.2 Å². The lowest BCUT2D eigenvalue weighted by molar-refractivity contribution is 0.886. The van der Waals surface area contributed by atoms with E-state index in [-0.39, 0.29) is 0 Å². The summed E-state index contributed by atoms with van der Waals surface area (Å²) in [4.78, 5) is 0. The highest BCUT2D eigenvalue weighted by molar-refractivity contribution is 4.73. The van der Waals surface area contributed by atoms with Crippen molar-refractivity contribution in [2.45, 2.75) is 67.2 Å². The predicted molar refractivity (Wildman–Crippen MR) is 71.5 cm³/mol. The van der Waals surface area contributed by atoms with E-state index >= 15 is 0 Å². The van der Waals surface area contributed by atoms with Crippen molar-refractivity contribution >= 4 is 0 Å². The molecule has 0 radical (unpaired) electrons. The van der Waals surface area contributed by atoms with E-state index in [0.717, 1.165) is 0 Å². The molecule has 0 amide bonds. The van der Waals surface area contributed by atoms with Gasteiger partial charge in [-0.2, -0.15) is 0 Å². The highest BCUT2D eigenvalue weighted by Crippen LogP contribution is 1.77. The molecule has 0 heteroatoms. The van der Waals surface area contributed by atoms with Gasteiger partial charge >= 0.3 is 0 Å². The number of allylic oxidation sites excluding steroid dienone is 1. The highest BCUT2D eigenvalue weighted by Gasteiger charge is 1.56. The van der Waals surface area contributed by atoms with Crippen LogP contribution >= 0.6 is 0 Å². The first kappa shape index (κ1) is 23.3. The van der Waals surface area contributed by atoms with Gasteiger partial charge in [0.2, 0.25) is 0 Å². The zero-order chi connectivity index (χ0) is 12.2. The third-order valence-electron chi connectivity index (χ3n) is 1.000. The molecule has 0 rings (SSSR count). The van der Waals surface area contributed by atoms with Crippen LogP contribution in [0.3, 0.4) is 0 Å². The lowest BCUT2D eigenvalue weighted by atomic mass is 10.4. The van der Waals surface area contributed by atoms with E-state index < -0.39 is 0 Å².